The van der Waals surface area contributed by atoms with Gasteiger partial charge in [0.25, 0.3) is 0 Å². The summed E-state index contributed by atoms with van der Waals surface area (Å²) in [6.07, 6.45) is -4.26. The normalized spacial score (nSPS) is 12.0. The van der Waals surface area contributed by atoms with E-state index >= 15 is 0 Å². The van der Waals surface area contributed by atoms with Gasteiger partial charge in [0.15, 0.2) is 0 Å². The molecular formula is C25H35F3. The number of hydrogen-bond donors (Lipinski definition) is 0. The summed E-state index contributed by atoms with van der Waals surface area (Å²) in [5, 5.41) is 0. The Morgan fingerprint density at radius 2 is 0.929 bits per heavy atom. The van der Waals surface area contributed by atoms with Crippen molar-refractivity contribution in [1.29, 1.82) is 0 Å². The largest absolute Gasteiger partial charge is 0.416 e. The highest BCUT2D eigenvalue weighted by molar-refractivity contribution is 5.41. The van der Waals surface area contributed by atoms with E-state index in [1.165, 1.54) is 23.3 Å². The minimum atomic E-state index is -4.26. The summed E-state index contributed by atoms with van der Waals surface area (Å²) in [7, 11) is 0. The van der Waals surface area contributed by atoms with Crippen LogP contribution in [0.5, 0.6) is 0 Å². The fourth-order valence-electron chi connectivity index (χ4n) is 3.54. The molecule has 3 heteroatoms. The molecule has 0 bridgehead atoms. The van der Waals surface area contributed by atoms with Crippen molar-refractivity contribution < 1.29 is 13.2 Å². The number of hydrogen-bond acceptors (Lipinski definition) is 0. The second-order valence-electron chi connectivity index (χ2n) is 8.55. The SMILES string of the molecule is CC(C)c1cccc(C(F)(F)F)c1C(C)C.CC(C)c1ccccc1C(C)C. The highest BCUT2D eigenvalue weighted by Gasteiger charge is 2.35. The molecule has 0 aliphatic rings. The lowest BCUT2D eigenvalue weighted by atomic mass is 9.87. The number of alkyl halides is 3. The lowest BCUT2D eigenvalue weighted by Gasteiger charge is -2.21. The van der Waals surface area contributed by atoms with Crippen LogP contribution in [0.4, 0.5) is 13.2 Å². The van der Waals surface area contributed by atoms with Gasteiger partial charge in [0.1, 0.15) is 0 Å². The molecule has 156 valence electrons. The molecule has 2 aromatic rings. The van der Waals surface area contributed by atoms with Crippen LogP contribution in [-0.2, 0) is 6.18 Å². The molecule has 0 amide bonds. The quantitative estimate of drug-likeness (QED) is 0.487. The molecule has 0 spiro atoms. The van der Waals surface area contributed by atoms with Crippen LogP contribution in [0.3, 0.4) is 0 Å². The fourth-order valence-corrected chi connectivity index (χ4v) is 3.54. The summed E-state index contributed by atoms with van der Waals surface area (Å²) in [5.41, 5.74) is 3.73. The summed E-state index contributed by atoms with van der Waals surface area (Å²) in [5.74, 6) is 1.28. The highest BCUT2D eigenvalue weighted by atomic mass is 19.4. The van der Waals surface area contributed by atoms with Crippen LogP contribution in [0.15, 0.2) is 42.5 Å². The Morgan fingerprint density at radius 1 is 0.536 bits per heavy atom. The van der Waals surface area contributed by atoms with E-state index in [9.17, 15) is 13.2 Å². The lowest BCUT2D eigenvalue weighted by molar-refractivity contribution is -0.138. The van der Waals surface area contributed by atoms with Crippen LogP contribution in [0, 0.1) is 0 Å². The van der Waals surface area contributed by atoms with Crippen LogP contribution in [0.2, 0.25) is 0 Å². The number of benzene rings is 2. The minimum Gasteiger partial charge on any atom is -0.166 e. The Kier molecular flexibility index (Phi) is 8.78. The molecule has 0 atom stereocenters. The lowest BCUT2D eigenvalue weighted by Crippen LogP contribution is -2.13. The fraction of sp³-hybridized carbons (Fsp3) is 0.520. The Morgan fingerprint density at radius 3 is 1.25 bits per heavy atom. The molecule has 0 aromatic heterocycles. The summed E-state index contributed by atoms with van der Waals surface area (Å²) in [4.78, 5) is 0. The van der Waals surface area contributed by atoms with Gasteiger partial charge in [-0.25, -0.2) is 0 Å². The van der Waals surface area contributed by atoms with Crippen molar-refractivity contribution in [3.8, 4) is 0 Å². The molecule has 0 heterocycles. The molecule has 0 saturated carbocycles. The van der Waals surface area contributed by atoms with E-state index in [1.807, 2.05) is 13.8 Å². The second kappa shape index (κ2) is 10.1. The molecule has 0 saturated heterocycles. The van der Waals surface area contributed by atoms with Crippen LogP contribution in [-0.4, -0.2) is 0 Å². The third kappa shape index (κ3) is 6.39. The standard InChI is InChI=1S/C13H17F3.C12H18/c1-8(2)10-6-5-7-11(13(14,15)16)12(10)9(3)4;1-9(2)11-7-5-6-8-12(11)10(3)4/h5-9H,1-4H3;5-10H,1-4H3. The third-order valence-electron chi connectivity index (χ3n) is 4.88. The first-order valence-corrected chi connectivity index (χ1v) is 10.2. The number of halogens is 3. The zero-order chi connectivity index (χ0) is 21.6. The zero-order valence-corrected chi connectivity index (χ0v) is 18.5. The van der Waals surface area contributed by atoms with Crippen molar-refractivity contribution >= 4 is 0 Å². The van der Waals surface area contributed by atoms with Crippen molar-refractivity contribution in [2.75, 3.05) is 0 Å². The maximum Gasteiger partial charge on any atom is 0.416 e. The van der Waals surface area contributed by atoms with Crippen molar-refractivity contribution in [1.82, 2.24) is 0 Å². The summed E-state index contributed by atoms with van der Waals surface area (Å²) >= 11 is 0. The van der Waals surface area contributed by atoms with Gasteiger partial charge in [0, 0.05) is 0 Å². The van der Waals surface area contributed by atoms with Crippen LogP contribution in [0.25, 0.3) is 0 Å². The summed E-state index contributed by atoms with van der Waals surface area (Å²) < 4.78 is 38.6. The van der Waals surface area contributed by atoms with Gasteiger partial charge in [-0.3, -0.25) is 0 Å². The first-order valence-electron chi connectivity index (χ1n) is 10.2. The molecule has 0 fully saturated rings. The minimum absolute atomic E-state index is 0.111. The van der Waals surface area contributed by atoms with Gasteiger partial charge in [-0.1, -0.05) is 91.8 Å². The van der Waals surface area contributed by atoms with E-state index in [-0.39, 0.29) is 11.8 Å². The molecular weight excluding hydrogens is 357 g/mol. The Hall–Kier alpha value is -1.77. The average molecular weight is 393 g/mol. The first-order chi connectivity index (χ1) is 12.9. The van der Waals surface area contributed by atoms with Crippen LogP contribution in [0.1, 0.15) is 107 Å². The van der Waals surface area contributed by atoms with E-state index in [1.54, 1.807) is 19.9 Å². The van der Waals surface area contributed by atoms with Gasteiger partial charge in [-0.2, -0.15) is 13.2 Å². The smallest absolute Gasteiger partial charge is 0.166 e. The molecule has 28 heavy (non-hydrogen) atoms. The molecule has 0 unspecified atom stereocenters. The Labute approximate surface area is 169 Å². The predicted octanol–water partition coefficient (Wildman–Crippen LogP) is 8.89. The molecule has 2 rings (SSSR count). The monoisotopic (exact) mass is 392 g/mol. The van der Waals surface area contributed by atoms with Crippen LogP contribution < -0.4 is 0 Å². The molecule has 0 N–H and O–H groups in total. The molecule has 0 radical (unpaired) electrons. The third-order valence-corrected chi connectivity index (χ3v) is 4.88. The highest BCUT2D eigenvalue weighted by Crippen LogP contribution is 2.38. The van der Waals surface area contributed by atoms with Crippen LogP contribution >= 0.6 is 0 Å². The maximum atomic E-state index is 12.9. The Balaban J connectivity index is 0.000000292. The van der Waals surface area contributed by atoms with Gasteiger partial charge < -0.3 is 0 Å². The maximum absolute atomic E-state index is 12.9. The van der Waals surface area contributed by atoms with E-state index in [4.69, 9.17) is 0 Å². The molecule has 2 aromatic carbocycles. The molecule has 0 aliphatic heterocycles. The molecule has 0 aliphatic carbocycles. The van der Waals surface area contributed by atoms with Crippen molar-refractivity contribution in [3.05, 3.63) is 70.3 Å². The van der Waals surface area contributed by atoms with E-state index in [0.717, 1.165) is 5.56 Å². The van der Waals surface area contributed by atoms with Gasteiger partial charge in [0.05, 0.1) is 5.56 Å². The second-order valence-corrected chi connectivity index (χ2v) is 8.55. The van der Waals surface area contributed by atoms with Crippen molar-refractivity contribution in [2.45, 2.75) is 85.2 Å². The van der Waals surface area contributed by atoms with Gasteiger partial charge >= 0.3 is 6.18 Å². The first kappa shape index (κ1) is 24.3. The topological polar surface area (TPSA) is 0 Å². The molecule has 0 nitrogen and oxygen atoms in total. The van der Waals surface area contributed by atoms with Gasteiger partial charge in [-0.05, 0) is 52.0 Å². The van der Waals surface area contributed by atoms with E-state index < -0.39 is 11.7 Å². The van der Waals surface area contributed by atoms with Crippen molar-refractivity contribution in [3.63, 3.8) is 0 Å². The van der Waals surface area contributed by atoms with E-state index in [2.05, 4.69) is 52.0 Å². The van der Waals surface area contributed by atoms with Crippen molar-refractivity contribution in [2.24, 2.45) is 0 Å². The van der Waals surface area contributed by atoms with E-state index in [0.29, 0.717) is 17.4 Å². The van der Waals surface area contributed by atoms with Gasteiger partial charge in [0.2, 0.25) is 0 Å². The predicted molar refractivity (Wildman–Crippen MR) is 114 cm³/mol. The number of rotatable bonds is 4. The summed E-state index contributed by atoms with van der Waals surface area (Å²) in [6.45, 7) is 16.4. The summed E-state index contributed by atoms with van der Waals surface area (Å²) in [6, 6.07) is 13.2. The average Bonchev–Trinajstić information content (AvgIpc) is 2.60. The Bertz CT molecular complexity index is 711. The van der Waals surface area contributed by atoms with Gasteiger partial charge in [-0.15, -0.1) is 0 Å². The zero-order valence-electron chi connectivity index (χ0n) is 18.5.